The highest BCUT2D eigenvalue weighted by Gasteiger charge is 2.14. The lowest BCUT2D eigenvalue weighted by Gasteiger charge is -2.10. The van der Waals surface area contributed by atoms with Crippen molar-refractivity contribution in [1.29, 1.82) is 0 Å². The van der Waals surface area contributed by atoms with E-state index in [1.807, 2.05) is 43.3 Å². The number of nitrogens with two attached hydrogens (primary N) is 1. The fourth-order valence-corrected chi connectivity index (χ4v) is 2.74. The number of aliphatic imine (C=N–C) groups is 2. The summed E-state index contributed by atoms with van der Waals surface area (Å²) in [7, 11) is 1.59. The Hall–Kier alpha value is -3.68. The van der Waals surface area contributed by atoms with Crippen LogP contribution in [0.3, 0.4) is 0 Å². The standard InChI is InChI=1S/C21H23FN6O/c1-14(15-7-9-16(10-8-15)17-5-3-4-6-18(17)22)19-11-20(29-28-19)26-12-25-13-27-21(23)24-2/h3-12,14H,13H2,1-2H3,(H,25,26)(H3,23,24,27). The number of nitrogens with one attached hydrogen (secondary N) is 2. The van der Waals surface area contributed by atoms with Gasteiger partial charge >= 0.3 is 0 Å². The van der Waals surface area contributed by atoms with Gasteiger partial charge in [0.25, 0.3) is 0 Å². The van der Waals surface area contributed by atoms with Crippen molar-refractivity contribution in [1.82, 2.24) is 10.5 Å². The second-order valence-electron chi connectivity index (χ2n) is 6.34. The normalized spacial score (nSPS) is 12.9. The summed E-state index contributed by atoms with van der Waals surface area (Å²) in [4.78, 5) is 7.85. The summed E-state index contributed by atoms with van der Waals surface area (Å²) in [5, 5.41) is 9.83. The van der Waals surface area contributed by atoms with Crippen molar-refractivity contribution in [3.63, 3.8) is 0 Å². The molecule has 0 aliphatic heterocycles. The van der Waals surface area contributed by atoms with Gasteiger partial charge in [0, 0.05) is 24.6 Å². The quantitative estimate of drug-likeness (QED) is 0.420. The Kier molecular flexibility index (Phi) is 6.57. The van der Waals surface area contributed by atoms with Crippen molar-refractivity contribution in [3.8, 4) is 11.1 Å². The van der Waals surface area contributed by atoms with Crippen molar-refractivity contribution in [2.24, 2.45) is 15.7 Å². The molecule has 1 heterocycles. The maximum atomic E-state index is 14.0. The average Bonchev–Trinajstić information content (AvgIpc) is 3.22. The number of benzene rings is 2. The summed E-state index contributed by atoms with van der Waals surface area (Å²) in [5.41, 5.74) is 8.75. The molecule has 0 aliphatic rings. The number of hydrogen-bond acceptors (Lipinski definition) is 4. The number of guanidine groups is 1. The minimum absolute atomic E-state index is 0.0168. The Bertz CT molecular complexity index is 996. The molecule has 3 rings (SSSR count). The first kappa shape index (κ1) is 20.1. The first-order valence-corrected chi connectivity index (χ1v) is 9.11. The minimum atomic E-state index is -0.234. The number of nitrogens with zero attached hydrogens (tertiary/aromatic N) is 3. The molecule has 7 nitrogen and oxygen atoms in total. The van der Waals surface area contributed by atoms with Crippen LogP contribution in [-0.4, -0.2) is 31.2 Å². The smallest absolute Gasteiger partial charge is 0.229 e. The Morgan fingerprint density at radius 1 is 1.24 bits per heavy atom. The SMILES string of the molecule is CN=C(N)NCN=CNc1cc(C(C)c2ccc(-c3ccccc3F)cc2)no1. The van der Waals surface area contributed by atoms with E-state index in [1.165, 1.54) is 12.4 Å². The maximum Gasteiger partial charge on any atom is 0.229 e. The molecule has 1 atom stereocenters. The summed E-state index contributed by atoms with van der Waals surface area (Å²) >= 11 is 0. The molecular weight excluding hydrogens is 371 g/mol. The van der Waals surface area contributed by atoms with Crippen LogP contribution in [0, 0.1) is 5.82 Å². The van der Waals surface area contributed by atoms with Gasteiger partial charge in [0.1, 0.15) is 12.5 Å². The fraction of sp³-hybridized carbons (Fsp3) is 0.190. The van der Waals surface area contributed by atoms with Crippen molar-refractivity contribution in [3.05, 3.63) is 71.7 Å². The highest BCUT2D eigenvalue weighted by molar-refractivity contribution is 5.78. The maximum absolute atomic E-state index is 14.0. The van der Waals surface area contributed by atoms with Gasteiger partial charge in [-0.3, -0.25) is 9.98 Å². The molecule has 1 unspecified atom stereocenters. The van der Waals surface area contributed by atoms with Crippen LogP contribution in [0.5, 0.6) is 0 Å². The molecule has 8 heteroatoms. The van der Waals surface area contributed by atoms with E-state index in [0.29, 0.717) is 24.1 Å². The van der Waals surface area contributed by atoms with Crippen LogP contribution in [-0.2, 0) is 0 Å². The van der Waals surface area contributed by atoms with Crippen LogP contribution in [0.4, 0.5) is 10.3 Å². The average molecular weight is 394 g/mol. The van der Waals surface area contributed by atoms with Gasteiger partial charge < -0.3 is 20.9 Å². The van der Waals surface area contributed by atoms with E-state index >= 15 is 0 Å². The van der Waals surface area contributed by atoms with Gasteiger partial charge in [-0.1, -0.05) is 54.5 Å². The molecule has 0 spiro atoms. The number of hydrogen-bond donors (Lipinski definition) is 3. The third kappa shape index (κ3) is 5.19. The summed E-state index contributed by atoms with van der Waals surface area (Å²) in [6.07, 6.45) is 1.49. The Morgan fingerprint density at radius 3 is 2.72 bits per heavy atom. The predicted octanol–water partition coefficient (Wildman–Crippen LogP) is 3.56. The molecule has 29 heavy (non-hydrogen) atoms. The Labute approximate surface area is 168 Å². The lowest BCUT2D eigenvalue weighted by Crippen LogP contribution is -2.31. The lowest BCUT2D eigenvalue weighted by atomic mass is 9.95. The van der Waals surface area contributed by atoms with Gasteiger partial charge in [-0.2, -0.15) is 0 Å². The first-order valence-electron chi connectivity index (χ1n) is 9.11. The summed E-state index contributed by atoms with van der Waals surface area (Å²) < 4.78 is 19.2. The molecule has 0 aliphatic carbocycles. The minimum Gasteiger partial charge on any atom is -0.370 e. The zero-order chi connectivity index (χ0) is 20.6. The van der Waals surface area contributed by atoms with Crippen LogP contribution in [0.2, 0.25) is 0 Å². The zero-order valence-electron chi connectivity index (χ0n) is 16.3. The molecule has 0 bridgehead atoms. The van der Waals surface area contributed by atoms with Crippen molar-refractivity contribution in [2.75, 3.05) is 19.0 Å². The molecular formula is C21H23FN6O. The highest BCUT2D eigenvalue weighted by Crippen LogP contribution is 2.28. The van der Waals surface area contributed by atoms with E-state index in [-0.39, 0.29) is 11.7 Å². The van der Waals surface area contributed by atoms with Gasteiger partial charge in [-0.15, -0.1) is 0 Å². The molecule has 0 fully saturated rings. The fourth-order valence-electron chi connectivity index (χ4n) is 2.74. The van der Waals surface area contributed by atoms with Crippen molar-refractivity contribution in [2.45, 2.75) is 12.8 Å². The number of halogens is 1. The van der Waals surface area contributed by atoms with Crippen LogP contribution in [0.15, 0.2) is 69.1 Å². The number of rotatable bonds is 7. The van der Waals surface area contributed by atoms with E-state index in [9.17, 15) is 4.39 Å². The van der Waals surface area contributed by atoms with Gasteiger partial charge in [0.15, 0.2) is 5.96 Å². The Morgan fingerprint density at radius 2 is 2.00 bits per heavy atom. The predicted molar refractivity (Wildman–Crippen MR) is 114 cm³/mol. The summed E-state index contributed by atoms with van der Waals surface area (Å²) in [5.74, 6) is 0.583. The molecule has 0 saturated heterocycles. The van der Waals surface area contributed by atoms with E-state index in [2.05, 4.69) is 25.8 Å². The highest BCUT2D eigenvalue weighted by atomic mass is 19.1. The third-order valence-electron chi connectivity index (χ3n) is 4.46. The molecule has 2 aromatic carbocycles. The van der Waals surface area contributed by atoms with Gasteiger partial charge in [0.2, 0.25) is 5.88 Å². The van der Waals surface area contributed by atoms with Crippen LogP contribution in [0.25, 0.3) is 11.1 Å². The molecule has 3 aromatic rings. The topological polar surface area (TPSA) is 101 Å². The van der Waals surface area contributed by atoms with Gasteiger partial charge in [-0.25, -0.2) is 4.39 Å². The molecule has 1 aromatic heterocycles. The monoisotopic (exact) mass is 394 g/mol. The van der Waals surface area contributed by atoms with Crippen molar-refractivity contribution >= 4 is 18.2 Å². The van der Waals surface area contributed by atoms with Crippen LogP contribution < -0.4 is 16.4 Å². The van der Waals surface area contributed by atoms with E-state index in [1.54, 1.807) is 19.2 Å². The summed E-state index contributed by atoms with van der Waals surface area (Å²) in [6.45, 7) is 2.33. The van der Waals surface area contributed by atoms with E-state index in [4.69, 9.17) is 10.3 Å². The van der Waals surface area contributed by atoms with E-state index in [0.717, 1.165) is 16.8 Å². The first-order chi connectivity index (χ1) is 14.1. The lowest BCUT2D eigenvalue weighted by molar-refractivity contribution is 0.425. The zero-order valence-corrected chi connectivity index (χ0v) is 16.3. The van der Waals surface area contributed by atoms with Gasteiger partial charge in [0.05, 0.1) is 12.0 Å². The molecule has 4 N–H and O–H groups in total. The van der Waals surface area contributed by atoms with Crippen LogP contribution in [0.1, 0.15) is 24.1 Å². The molecule has 0 radical (unpaired) electrons. The molecule has 0 amide bonds. The molecule has 0 saturated carbocycles. The molecule has 150 valence electrons. The second kappa shape index (κ2) is 9.50. The largest absolute Gasteiger partial charge is 0.370 e. The van der Waals surface area contributed by atoms with Crippen molar-refractivity contribution < 1.29 is 8.91 Å². The Balaban J connectivity index is 1.62. The second-order valence-corrected chi connectivity index (χ2v) is 6.34. The third-order valence-corrected chi connectivity index (χ3v) is 4.46. The summed E-state index contributed by atoms with van der Waals surface area (Å²) in [6, 6.07) is 16.3. The van der Waals surface area contributed by atoms with Gasteiger partial charge in [-0.05, 0) is 17.2 Å². The number of aromatic nitrogens is 1. The van der Waals surface area contributed by atoms with E-state index < -0.39 is 0 Å². The number of anilines is 1. The van der Waals surface area contributed by atoms with Crippen LogP contribution >= 0.6 is 0 Å².